The number of nitrogens with zero attached hydrogens (tertiary/aromatic N) is 1. The molecule has 1 saturated heterocycles. The van der Waals surface area contributed by atoms with E-state index in [-0.39, 0.29) is 24.9 Å². The number of allylic oxidation sites excluding steroid dienone is 1. The Kier molecular flexibility index (Phi) is 8.97. The van der Waals surface area contributed by atoms with Gasteiger partial charge in [0.05, 0.1) is 13.0 Å². The highest BCUT2D eigenvalue weighted by Gasteiger charge is 2.44. The minimum absolute atomic E-state index is 0.230. The number of carbonyl (C=O) groups excluding carboxylic acids is 2. The Balaban J connectivity index is 1.80. The number of carbonyl (C=O) groups is 2. The molecule has 5 heteroatoms. The van der Waals surface area contributed by atoms with Crippen LogP contribution in [0, 0.1) is 11.3 Å². The molecule has 1 aromatic rings. The molecule has 34 heavy (non-hydrogen) atoms. The number of ether oxygens (including phenoxy) is 2. The summed E-state index contributed by atoms with van der Waals surface area (Å²) in [6.07, 6.45) is 6.68. The third-order valence-electron chi connectivity index (χ3n) is 7.42. The van der Waals surface area contributed by atoms with Crippen LogP contribution in [0.4, 0.5) is 0 Å². The Morgan fingerprint density at radius 1 is 1.18 bits per heavy atom. The van der Waals surface area contributed by atoms with E-state index < -0.39 is 11.0 Å². The molecule has 0 aromatic heterocycles. The minimum atomic E-state index is -0.539. The van der Waals surface area contributed by atoms with Gasteiger partial charge in [0.15, 0.2) is 0 Å². The Hall–Kier alpha value is -2.14. The summed E-state index contributed by atoms with van der Waals surface area (Å²) >= 11 is 0. The number of esters is 1. The molecule has 0 spiro atoms. The topological polar surface area (TPSA) is 55.8 Å². The third-order valence-corrected chi connectivity index (χ3v) is 7.42. The maximum absolute atomic E-state index is 12.8. The lowest BCUT2D eigenvalue weighted by Crippen LogP contribution is -2.39. The Bertz CT molecular complexity index is 835. The van der Waals surface area contributed by atoms with Gasteiger partial charge in [0, 0.05) is 12.0 Å². The molecular weight excluding hydrogens is 426 g/mol. The highest BCUT2D eigenvalue weighted by Crippen LogP contribution is 2.51. The largest absolute Gasteiger partial charge is 0.467 e. The molecule has 0 bridgehead atoms. The van der Waals surface area contributed by atoms with Crippen molar-refractivity contribution in [1.82, 2.24) is 4.90 Å². The standard InChI is InChI=1S/C29H43NO4/c1-22(2)25-13-14-29(20-33-21-31,18-27(32)34-28(3,4)5)17-26(25)24-11-9-23(10-12-24)19-30-15-7-6-8-16-30/h9-12,21,25-26H,1,6-8,13-20H2,2-5H3/t25-,26-,29-/m0/s1. The summed E-state index contributed by atoms with van der Waals surface area (Å²) < 4.78 is 10.9. The molecule has 5 nitrogen and oxygen atoms in total. The first-order chi connectivity index (χ1) is 16.1. The summed E-state index contributed by atoms with van der Waals surface area (Å²) in [5, 5.41) is 0. The van der Waals surface area contributed by atoms with Gasteiger partial charge >= 0.3 is 5.97 Å². The number of likely N-dealkylation sites (tertiary alicyclic amines) is 1. The van der Waals surface area contributed by atoms with Crippen molar-refractivity contribution in [2.75, 3.05) is 19.7 Å². The van der Waals surface area contributed by atoms with Crippen LogP contribution < -0.4 is 0 Å². The van der Waals surface area contributed by atoms with E-state index in [9.17, 15) is 9.59 Å². The molecule has 1 aliphatic heterocycles. The first-order valence-electron chi connectivity index (χ1n) is 12.8. The fraction of sp³-hybridized carbons (Fsp3) is 0.655. The van der Waals surface area contributed by atoms with Crippen LogP contribution in [-0.2, 0) is 25.6 Å². The monoisotopic (exact) mass is 469 g/mol. The zero-order valence-electron chi connectivity index (χ0n) is 21.6. The van der Waals surface area contributed by atoms with Crippen molar-refractivity contribution in [1.29, 1.82) is 0 Å². The lowest BCUT2D eigenvalue weighted by molar-refractivity contribution is -0.161. The highest BCUT2D eigenvalue weighted by molar-refractivity contribution is 5.71. The molecule has 0 N–H and O–H groups in total. The second-order valence-corrected chi connectivity index (χ2v) is 11.6. The van der Waals surface area contributed by atoms with Gasteiger partial charge < -0.3 is 9.47 Å². The first-order valence-corrected chi connectivity index (χ1v) is 12.8. The normalized spacial score (nSPS) is 26.0. The molecule has 3 rings (SSSR count). The van der Waals surface area contributed by atoms with Gasteiger partial charge in [0.1, 0.15) is 5.60 Å². The summed E-state index contributed by atoms with van der Waals surface area (Å²) in [7, 11) is 0. The molecule has 0 radical (unpaired) electrons. The molecule has 3 atom stereocenters. The molecule has 1 aromatic carbocycles. The number of benzene rings is 1. The van der Waals surface area contributed by atoms with Crippen LogP contribution in [0.15, 0.2) is 36.4 Å². The van der Waals surface area contributed by atoms with Gasteiger partial charge in [-0.05, 0) is 95.9 Å². The van der Waals surface area contributed by atoms with Crippen LogP contribution in [-0.4, -0.2) is 42.6 Å². The van der Waals surface area contributed by atoms with Gasteiger partial charge in [-0.15, -0.1) is 0 Å². The number of hydrogen-bond donors (Lipinski definition) is 0. The SMILES string of the molecule is C=C(C)[C@@H]1CC[C@@](COC=O)(CC(=O)OC(C)(C)C)C[C@H]1c1ccc(CN2CCCCC2)cc1. The van der Waals surface area contributed by atoms with Gasteiger partial charge in [0.2, 0.25) is 0 Å². The van der Waals surface area contributed by atoms with Gasteiger partial charge in [-0.25, -0.2) is 0 Å². The van der Waals surface area contributed by atoms with Gasteiger partial charge in [0.25, 0.3) is 6.47 Å². The maximum atomic E-state index is 12.8. The summed E-state index contributed by atoms with van der Waals surface area (Å²) in [6.45, 7) is 16.1. The summed E-state index contributed by atoms with van der Waals surface area (Å²) in [6, 6.07) is 9.02. The van der Waals surface area contributed by atoms with Crippen LogP contribution in [0.3, 0.4) is 0 Å². The van der Waals surface area contributed by atoms with Crippen molar-refractivity contribution in [3.8, 4) is 0 Å². The molecule has 2 fully saturated rings. The van der Waals surface area contributed by atoms with Crippen molar-refractivity contribution >= 4 is 12.4 Å². The van der Waals surface area contributed by atoms with Crippen LogP contribution in [0.1, 0.15) is 89.7 Å². The van der Waals surface area contributed by atoms with Gasteiger partial charge in [-0.1, -0.05) is 42.8 Å². The van der Waals surface area contributed by atoms with Gasteiger partial charge in [-0.2, -0.15) is 0 Å². The zero-order valence-corrected chi connectivity index (χ0v) is 21.6. The summed E-state index contributed by atoms with van der Waals surface area (Å²) in [5.41, 5.74) is 2.83. The van der Waals surface area contributed by atoms with Crippen molar-refractivity contribution < 1.29 is 19.1 Å². The smallest absolute Gasteiger partial charge is 0.307 e. The van der Waals surface area contributed by atoms with Crippen molar-refractivity contribution in [2.45, 2.75) is 90.7 Å². The summed E-state index contributed by atoms with van der Waals surface area (Å²) in [5.74, 6) is 0.343. The summed E-state index contributed by atoms with van der Waals surface area (Å²) in [4.78, 5) is 26.4. The van der Waals surface area contributed by atoms with E-state index in [2.05, 4.69) is 42.7 Å². The highest BCUT2D eigenvalue weighted by atomic mass is 16.6. The van der Waals surface area contributed by atoms with Crippen LogP contribution in [0.25, 0.3) is 0 Å². The second kappa shape index (κ2) is 11.5. The van der Waals surface area contributed by atoms with E-state index in [1.54, 1.807) is 0 Å². The second-order valence-electron chi connectivity index (χ2n) is 11.6. The van der Waals surface area contributed by atoms with Crippen molar-refractivity contribution in [3.63, 3.8) is 0 Å². The first kappa shape index (κ1) is 26.5. The number of hydrogen-bond acceptors (Lipinski definition) is 5. The van der Waals surface area contributed by atoms with Gasteiger partial charge in [-0.3, -0.25) is 14.5 Å². The Labute approximate surface area is 205 Å². The molecule has 1 heterocycles. The van der Waals surface area contributed by atoms with Crippen LogP contribution in [0.2, 0.25) is 0 Å². The molecule has 1 saturated carbocycles. The van der Waals surface area contributed by atoms with Crippen LogP contribution in [0.5, 0.6) is 0 Å². The molecule has 0 unspecified atom stereocenters. The Morgan fingerprint density at radius 3 is 2.44 bits per heavy atom. The Morgan fingerprint density at radius 2 is 1.85 bits per heavy atom. The average molecular weight is 470 g/mol. The molecule has 1 aliphatic carbocycles. The predicted molar refractivity (Wildman–Crippen MR) is 135 cm³/mol. The molecular formula is C29H43NO4. The van der Waals surface area contributed by atoms with E-state index in [1.807, 2.05) is 20.8 Å². The molecule has 2 aliphatic rings. The lowest BCUT2D eigenvalue weighted by Gasteiger charge is -2.44. The molecule has 188 valence electrons. The average Bonchev–Trinajstić information content (AvgIpc) is 2.77. The van der Waals surface area contributed by atoms with E-state index in [4.69, 9.17) is 9.47 Å². The quantitative estimate of drug-likeness (QED) is 0.251. The van der Waals surface area contributed by atoms with Crippen molar-refractivity contribution in [3.05, 3.63) is 47.5 Å². The van der Waals surface area contributed by atoms with Crippen LogP contribution >= 0.6 is 0 Å². The van der Waals surface area contributed by atoms with E-state index in [0.717, 1.165) is 25.8 Å². The number of rotatable bonds is 9. The third kappa shape index (κ3) is 7.43. The van der Waals surface area contributed by atoms with E-state index in [1.165, 1.54) is 49.1 Å². The molecule has 0 amide bonds. The maximum Gasteiger partial charge on any atom is 0.307 e. The number of piperidine rings is 1. The zero-order chi connectivity index (χ0) is 24.8. The lowest BCUT2D eigenvalue weighted by atomic mass is 9.61. The van der Waals surface area contributed by atoms with E-state index >= 15 is 0 Å². The minimum Gasteiger partial charge on any atom is -0.467 e. The fourth-order valence-corrected chi connectivity index (χ4v) is 5.80. The van der Waals surface area contributed by atoms with E-state index in [0.29, 0.717) is 12.4 Å². The predicted octanol–water partition coefficient (Wildman–Crippen LogP) is 6.02. The fourth-order valence-electron chi connectivity index (χ4n) is 5.80. The van der Waals surface area contributed by atoms with Crippen molar-refractivity contribution in [2.24, 2.45) is 11.3 Å².